The summed E-state index contributed by atoms with van der Waals surface area (Å²) in [6, 6.07) is 7.97. The number of benzene rings is 1. The molecule has 2 N–H and O–H groups in total. The Morgan fingerprint density at radius 2 is 2.05 bits per heavy atom. The Labute approximate surface area is 139 Å². The van der Waals surface area contributed by atoms with Gasteiger partial charge < -0.3 is 15.4 Å². The van der Waals surface area contributed by atoms with Gasteiger partial charge in [0.2, 0.25) is 5.91 Å². The summed E-state index contributed by atoms with van der Waals surface area (Å²) >= 11 is 0. The second-order valence-electron chi connectivity index (χ2n) is 5.65. The molecule has 1 aliphatic rings. The standard InChI is InChI=1S/C17H26N2O2.ClH/c1-4-15(14-8-6-7-9-16(14)21-5-2)19-17(20)12(3)13-10-18-11-13;/h6-9,12-13,15,18H,4-5,10-11H2,1-3H3,(H,19,20);1H. The molecule has 0 radical (unpaired) electrons. The Kier molecular flexibility index (Phi) is 7.69. The molecule has 1 aliphatic heterocycles. The number of hydrogen-bond donors (Lipinski definition) is 2. The summed E-state index contributed by atoms with van der Waals surface area (Å²) in [4.78, 5) is 12.4. The van der Waals surface area contributed by atoms with Gasteiger partial charge in [0.25, 0.3) is 0 Å². The minimum absolute atomic E-state index is 0. The number of rotatable bonds is 7. The van der Waals surface area contributed by atoms with E-state index in [2.05, 4.69) is 17.6 Å². The number of carbonyl (C=O) groups is 1. The van der Waals surface area contributed by atoms with Gasteiger partial charge in [-0.3, -0.25) is 4.79 Å². The smallest absolute Gasteiger partial charge is 0.223 e. The van der Waals surface area contributed by atoms with Crippen LogP contribution < -0.4 is 15.4 Å². The number of amides is 1. The lowest BCUT2D eigenvalue weighted by atomic mass is 9.88. The van der Waals surface area contributed by atoms with Crippen LogP contribution in [0.4, 0.5) is 0 Å². The van der Waals surface area contributed by atoms with Gasteiger partial charge in [0.15, 0.2) is 0 Å². The highest BCUT2D eigenvalue weighted by Gasteiger charge is 2.30. The molecule has 5 heteroatoms. The number of nitrogens with one attached hydrogen (secondary N) is 2. The second kappa shape index (κ2) is 9.01. The molecular formula is C17H27ClN2O2. The molecule has 0 bridgehead atoms. The summed E-state index contributed by atoms with van der Waals surface area (Å²) in [5.74, 6) is 1.52. The molecule has 1 aromatic carbocycles. The van der Waals surface area contributed by atoms with Crippen molar-refractivity contribution in [1.82, 2.24) is 10.6 Å². The maximum absolute atomic E-state index is 12.4. The van der Waals surface area contributed by atoms with E-state index >= 15 is 0 Å². The molecule has 0 saturated carbocycles. The highest BCUT2D eigenvalue weighted by atomic mass is 35.5. The van der Waals surface area contributed by atoms with Crippen molar-refractivity contribution < 1.29 is 9.53 Å². The summed E-state index contributed by atoms with van der Waals surface area (Å²) in [7, 11) is 0. The highest BCUT2D eigenvalue weighted by molar-refractivity contribution is 5.85. The number of para-hydroxylation sites is 1. The van der Waals surface area contributed by atoms with Crippen LogP contribution >= 0.6 is 12.4 Å². The Balaban J connectivity index is 0.00000242. The van der Waals surface area contributed by atoms with Crippen LogP contribution in [0.1, 0.15) is 38.8 Å². The number of ether oxygens (including phenoxy) is 1. The van der Waals surface area contributed by atoms with Crippen LogP contribution in [0.3, 0.4) is 0 Å². The van der Waals surface area contributed by atoms with Crippen molar-refractivity contribution in [3.63, 3.8) is 0 Å². The van der Waals surface area contributed by atoms with E-state index in [1.165, 1.54) is 0 Å². The van der Waals surface area contributed by atoms with Crippen LogP contribution in [0.5, 0.6) is 5.75 Å². The van der Waals surface area contributed by atoms with Gasteiger partial charge in [-0.15, -0.1) is 12.4 Å². The highest BCUT2D eigenvalue weighted by Crippen LogP contribution is 2.28. The largest absolute Gasteiger partial charge is 0.494 e. The van der Waals surface area contributed by atoms with Crippen molar-refractivity contribution in [2.24, 2.45) is 11.8 Å². The maximum Gasteiger partial charge on any atom is 0.223 e. The Bertz CT molecular complexity index is 477. The zero-order chi connectivity index (χ0) is 15.2. The fraction of sp³-hybridized carbons (Fsp3) is 0.588. The third-order valence-corrected chi connectivity index (χ3v) is 4.25. The zero-order valence-corrected chi connectivity index (χ0v) is 14.4. The predicted octanol–water partition coefficient (Wildman–Crippen LogP) is 2.93. The van der Waals surface area contributed by atoms with E-state index in [0.29, 0.717) is 12.5 Å². The summed E-state index contributed by atoms with van der Waals surface area (Å²) < 4.78 is 5.68. The lowest BCUT2D eigenvalue weighted by molar-refractivity contribution is -0.127. The third-order valence-electron chi connectivity index (χ3n) is 4.25. The molecular weight excluding hydrogens is 300 g/mol. The van der Waals surface area contributed by atoms with Gasteiger partial charge in [-0.1, -0.05) is 32.0 Å². The third kappa shape index (κ3) is 4.37. The first-order valence-electron chi connectivity index (χ1n) is 7.90. The number of carbonyl (C=O) groups excluding carboxylic acids is 1. The Morgan fingerprint density at radius 1 is 1.36 bits per heavy atom. The summed E-state index contributed by atoms with van der Waals surface area (Å²) in [5, 5.41) is 6.41. The van der Waals surface area contributed by atoms with Gasteiger partial charge in [-0.25, -0.2) is 0 Å². The van der Waals surface area contributed by atoms with Crippen molar-refractivity contribution in [1.29, 1.82) is 0 Å². The molecule has 4 nitrogen and oxygen atoms in total. The van der Waals surface area contributed by atoms with E-state index in [9.17, 15) is 4.79 Å². The second-order valence-corrected chi connectivity index (χ2v) is 5.65. The molecule has 0 aromatic heterocycles. The van der Waals surface area contributed by atoms with Crippen LogP contribution in [-0.2, 0) is 4.79 Å². The van der Waals surface area contributed by atoms with Crippen LogP contribution in [0.2, 0.25) is 0 Å². The fourth-order valence-corrected chi connectivity index (χ4v) is 2.64. The van der Waals surface area contributed by atoms with Crippen LogP contribution in [0.25, 0.3) is 0 Å². The average Bonchev–Trinajstić information content (AvgIpc) is 2.44. The molecule has 1 fully saturated rings. The van der Waals surface area contributed by atoms with Gasteiger partial charge in [0, 0.05) is 11.5 Å². The Hall–Kier alpha value is -1.26. The van der Waals surface area contributed by atoms with Gasteiger partial charge in [0.05, 0.1) is 12.6 Å². The molecule has 22 heavy (non-hydrogen) atoms. The predicted molar refractivity (Wildman–Crippen MR) is 91.6 cm³/mol. The van der Waals surface area contributed by atoms with Crippen molar-refractivity contribution in [3.8, 4) is 5.75 Å². The van der Waals surface area contributed by atoms with E-state index in [1.54, 1.807) is 0 Å². The Morgan fingerprint density at radius 3 is 2.59 bits per heavy atom. The SMILES string of the molecule is CCOc1ccccc1C(CC)NC(=O)C(C)C1CNC1.Cl. The molecule has 1 saturated heterocycles. The van der Waals surface area contributed by atoms with E-state index in [0.717, 1.165) is 30.8 Å². The van der Waals surface area contributed by atoms with E-state index in [1.807, 2.05) is 38.1 Å². The summed E-state index contributed by atoms with van der Waals surface area (Å²) in [5.41, 5.74) is 1.06. The van der Waals surface area contributed by atoms with Crippen LogP contribution in [-0.4, -0.2) is 25.6 Å². The first kappa shape index (κ1) is 18.8. The molecule has 1 amide bonds. The summed E-state index contributed by atoms with van der Waals surface area (Å²) in [6.07, 6.45) is 0.853. The van der Waals surface area contributed by atoms with Crippen LogP contribution in [0, 0.1) is 11.8 Å². The fourth-order valence-electron chi connectivity index (χ4n) is 2.64. The van der Waals surface area contributed by atoms with Crippen molar-refractivity contribution in [3.05, 3.63) is 29.8 Å². The van der Waals surface area contributed by atoms with Gasteiger partial charge in [0.1, 0.15) is 5.75 Å². The molecule has 1 aromatic rings. The normalized spacial score (nSPS) is 16.9. The van der Waals surface area contributed by atoms with E-state index in [-0.39, 0.29) is 30.3 Å². The monoisotopic (exact) mass is 326 g/mol. The number of hydrogen-bond acceptors (Lipinski definition) is 3. The van der Waals surface area contributed by atoms with Gasteiger partial charge in [-0.2, -0.15) is 0 Å². The molecule has 2 unspecified atom stereocenters. The molecule has 0 spiro atoms. The lowest BCUT2D eigenvalue weighted by Crippen LogP contribution is -2.50. The van der Waals surface area contributed by atoms with E-state index < -0.39 is 0 Å². The lowest BCUT2D eigenvalue weighted by Gasteiger charge is -2.33. The molecule has 0 aliphatic carbocycles. The molecule has 2 atom stereocenters. The maximum atomic E-state index is 12.4. The van der Waals surface area contributed by atoms with Gasteiger partial charge in [-0.05, 0) is 38.4 Å². The minimum atomic E-state index is 0. The van der Waals surface area contributed by atoms with Gasteiger partial charge >= 0.3 is 0 Å². The molecule has 2 rings (SSSR count). The minimum Gasteiger partial charge on any atom is -0.494 e. The van der Waals surface area contributed by atoms with E-state index in [4.69, 9.17) is 4.74 Å². The number of halogens is 1. The van der Waals surface area contributed by atoms with Crippen molar-refractivity contribution >= 4 is 18.3 Å². The van der Waals surface area contributed by atoms with Crippen LogP contribution in [0.15, 0.2) is 24.3 Å². The first-order chi connectivity index (χ1) is 10.2. The first-order valence-corrected chi connectivity index (χ1v) is 7.90. The van der Waals surface area contributed by atoms with Crippen molar-refractivity contribution in [2.45, 2.75) is 33.2 Å². The topological polar surface area (TPSA) is 50.4 Å². The average molecular weight is 327 g/mol. The van der Waals surface area contributed by atoms with Crippen molar-refractivity contribution in [2.75, 3.05) is 19.7 Å². The molecule has 124 valence electrons. The summed E-state index contributed by atoms with van der Waals surface area (Å²) in [6.45, 7) is 8.60. The zero-order valence-electron chi connectivity index (χ0n) is 13.6. The molecule has 1 heterocycles. The quantitative estimate of drug-likeness (QED) is 0.810.